The largest absolute Gasteiger partial charge is 0.389 e. The molecule has 3 atom stereocenters. The Bertz CT molecular complexity index is 424. The molecule has 1 heterocycles. The van der Waals surface area contributed by atoms with Crippen molar-refractivity contribution in [1.29, 1.82) is 0 Å². The van der Waals surface area contributed by atoms with Crippen LogP contribution in [0.1, 0.15) is 31.4 Å². The summed E-state index contributed by atoms with van der Waals surface area (Å²) < 4.78 is 11.0. The van der Waals surface area contributed by atoms with E-state index in [2.05, 4.69) is 5.32 Å². The number of hydrogen-bond acceptors (Lipinski definition) is 4. The van der Waals surface area contributed by atoms with Gasteiger partial charge < -0.3 is 19.9 Å². The van der Waals surface area contributed by atoms with E-state index in [0.29, 0.717) is 19.8 Å². The Morgan fingerprint density at radius 1 is 1.52 bits per heavy atom. The molecule has 0 aliphatic carbocycles. The van der Waals surface area contributed by atoms with Gasteiger partial charge in [0.2, 0.25) is 0 Å². The van der Waals surface area contributed by atoms with Crippen molar-refractivity contribution in [3.05, 3.63) is 34.9 Å². The van der Waals surface area contributed by atoms with Gasteiger partial charge in [-0.1, -0.05) is 23.7 Å². The van der Waals surface area contributed by atoms with Gasteiger partial charge >= 0.3 is 0 Å². The fourth-order valence-corrected chi connectivity index (χ4v) is 2.58. The molecule has 2 rings (SSSR count). The van der Waals surface area contributed by atoms with Crippen molar-refractivity contribution in [2.24, 2.45) is 0 Å². The van der Waals surface area contributed by atoms with E-state index in [-0.39, 0.29) is 12.1 Å². The number of ether oxygens (including phenoxy) is 2. The van der Waals surface area contributed by atoms with Crippen LogP contribution in [0.25, 0.3) is 0 Å². The van der Waals surface area contributed by atoms with Gasteiger partial charge in [-0.05, 0) is 37.5 Å². The standard InChI is InChI=1S/C16H24ClNO3/c1-12(13-4-2-5-14(17)8-13)18-9-15(19)10-20-11-16-6-3-7-21-16/h2,4-5,8,12,15-16,18-19H,3,6-7,9-11H2,1H3/t12-,15?,16?/m1/s1. The van der Waals surface area contributed by atoms with Gasteiger partial charge in [-0.25, -0.2) is 0 Å². The molecular formula is C16H24ClNO3. The Labute approximate surface area is 131 Å². The Hall–Kier alpha value is -0.650. The Kier molecular flexibility index (Phi) is 6.93. The number of aliphatic hydroxyl groups is 1. The van der Waals surface area contributed by atoms with Crippen molar-refractivity contribution in [2.45, 2.75) is 38.0 Å². The summed E-state index contributed by atoms with van der Waals surface area (Å²) in [6.45, 7) is 4.26. The van der Waals surface area contributed by atoms with Crippen LogP contribution in [0.4, 0.5) is 0 Å². The average Bonchev–Trinajstić information content (AvgIpc) is 2.98. The monoisotopic (exact) mass is 313 g/mol. The number of nitrogens with one attached hydrogen (secondary N) is 1. The second kappa shape index (κ2) is 8.71. The SMILES string of the molecule is C[C@@H](NCC(O)COCC1CCCO1)c1cccc(Cl)c1. The van der Waals surface area contributed by atoms with Crippen LogP contribution in [0.3, 0.4) is 0 Å². The molecule has 0 bridgehead atoms. The normalized spacial score (nSPS) is 21.4. The Balaban J connectivity index is 1.62. The van der Waals surface area contributed by atoms with E-state index in [9.17, 15) is 5.11 Å². The fraction of sp³-hybridized carbons (Fsp3) is 0.625. The highest BCUT2D eigenvalue weighted by Crippen LogP contribution is 2.17. The summed E-state index contributed by atoms with van der Waals surface area (Å²) in [5.74, 6) is 0. The molecule has 2 N–H and O–H groups in total. The molecule has 21 heavy (non-hydrogen) atoms. The predicted octanol–water partition coefficient (Wildman–Crippen LogP) is 2.55. The van der Waals surface area contributed by atoms with Crippen molar-refractivity contribution in [3.63, 3.8) is 0 Å². The van der Waals surface area contributed by atoms with Crippen molar-refractivity contribution < 1.29 is 14.6 Å². The minimum Gasteiger partial charge on any atom is -0.389 e. The summed E-state index contributed by atoms with van der Waals surface area (Å²) in [5.41, 5.74) is 1.11. The number of benzene rings is 1. The number of hydrogen-bond donors (Lipinski definition) is 2. The van der Waals surface area contributed by atoms with Gasteiger partial charge in [-0.2, -0.15) is 0 Å². The highest BCUT2D eigenvalue weighted by atomic mass is 35.5. The molecule has 1 aliphatic heterocycles. The van der Waals surface area contributed by atoms with E-state index in [1.807, 2.05) is 31.2 Å². The molecule has 0 spiro atoms. The van der Waals surface area contributed by atoms with E-state index >= 15 is 0 Å². The molecule has 118 valence electrons. The third-order valence-corrected chi connectivity index (χ3v) is 3.88. The lowest BCUT2D eigenvalue weighted by Crippen LogP contribution is -2.33. The zero-order chi connectivity index (χ0) is 15.1. The topological polar surface area (TPSA) is 50.7 Å². The van der Waals surface area contributed by atoms with Crippen LogP contribution in [0.15, 0.2) is 24.3 Å². The van der Waals surface area contributed by atoms with E-state index in [0.717, 1.165) is 30.0 Å². The maximum Gasteiger partial charge on any atom is 0.0897 e. The van der Waals surface area contributed by atoms with Crippen LogP contribution in [-0.4, -0.2) is 43.7 Å². The summed E-state index contributed by atoms with van der Waals surface area (Å²) in [6, 6.07) is 7.86. The van der Waals surface area contributed by atoms with Gasteiger partial charge in [-0.3, -0.25) is 0 Å². The minimum absolute atomic E-state index is 0.136. The molecule has 1 fully saturated rings. The average molecular weight is 314 g/mol. The highest BCUT2D eigenvalue weighted by molar-refractivity contribution is 6.30. The van der Waals surface area contributed by atoms with Gasteiger partial charge in [-0.15, -0.1) is 0 Å². The van der Waals surface area contributed by atoms with Gasteiger partial charge in [0.15, 0.2) is 0 Å². The molecule has 1 aromatic rings. The molecule has 0 radical (unpaired) electrons. The van der Waals surface area contributed by atoms with Crippen molar-refractivity contribution >= 4 is 11.6 Å². The lowest BCUT2D eigenvalue weighted by molar-refractivity contribution is -0.0168. The highest BCUT2D eigenvalue weighted by Gasteiger charge is 2.16. The summed E-state index contributed by atoms with van der Waals surface area (Å²) >= 11 is 5.97. The molecule has 1 aliphatic rings. The lowest BCUT2D eigenvalue weighted by Gasteiger charge is -2.18. The van der Waals surface area contributed by atoms with Crippen LogP contribution < -0.4 is 5.32 Å². The molecule has 0 amide bonds. The fourth-order valence-electron chi connectivity index (χ4n) is 2.38. The van der Waals surface area contributed by atoms with Crippen LogP contribution in [0.2, 0.25) is 5.02 Å². The van der Waals surface area contributed by atoms with Crippen molar-refractivity contribution in [1.82, 2.24) is 5.32 Å². The van der Waals surface area contributed by atoms with Gasteiger partial charge in [0.1, 0.15) is 0 Å². The van der Waals surface area contributed by atoms with Crippen molar-refractivity contribution in [2.75, 3.05) is 26.4 Å². The van der Waals surface area contributed by atoms with E-state index < -0.39 is 6.10 Å². The Morgan fingerprint density at radius 2 is 2.38 bits per heavy atom. The molecular weight excluding hydrogens is 290 g/mol. The molecule has 0 aromatic heterocycles. The Morgan fingerprint density at radius 3 is 3.10 bits per heavy atom. The second-order valence-corrected chi connectivity index (χ2v) is 5.95. The third kappa shape index (κ3) is 5.93. The molecule has 5 heteroatoms. The van der Waals surface area contributed by atoms with E-state index in [1.165, 1.54) is 0 Å². The summed E-state index contributed by atoms with van der Waals surface area (Å²) in [7, 11) is 0. The molecule has 4 nitrogen and oxygen atoms in total. The first kappa shape index (κ1) is 16.7. The first-order valence-electron chi connectivity index (χ1n) is 7.51. The van der Waals surface area contributed by atoms with Gasteiger partial charge in [0.25, 0.3) is 0 Å². The van der Waals surface area contributed by atoms with Gasteiger partial charge in [0, 0.05) is 24.2 Å². The van der Waals surface area contributed by atoms with Crippen LogP contribution in [0, 0.1) is 0 Å². The number of aliphatic hydroxyl groups excluding tert-OH is 1. The van der Waals surface area contributed by atoms with Crippen molar-refractivity contribution in [3.8, 4) is 0 Å². The van der Waals surface area contributed by atoms with Crippen LogP contribution >= 0.6 is 11.6 Å². The number of rotatable bonds is 8. The smallest absolute Gasteiger partial charge is 0.0897 e. The molecule has 0 saturated carbocycles. The maximum absolute atomic E-state index is 9.92. The summed E-state index contributed by atoms with van der Waals surface area (Å²) in [4.78, 5) is 0. The minimum atomic E-state index is -0.520. The lowest BCUT2D eigenvalue weighted by atomic mass is 10.1. The van der Waals surface area contributed by atoms with Gasteiger partial charge in [0.05, 0.1) is 25.4 Å². The van der Waals surface area contributed by atoms with E-state index in [1.54, 1.807) is 0 Å². The molecule has 2 unspecified atom stereocenters. The second-order valence-electron chi connectivity index (χ2n) is 5.51. The first-order valence-corrected chi connectivity index (χ1v) is 7.89. The van der Waals surface area contributed by atoms with Crippen LogP contribution in [0.5, 0.6) is 0 Å². The maximum atomic E-state index is 9.92. The zero-order valence-corrected chi connectivity index (χ0v) is 13.2. The molecule has 1 saturated heterocycles. The summed E-state index contributed by atoms with van der Waals surface area (Å²) in [5, 5.41) is 13.9. The summed E-state index contributed by atoms with van der Waals surface area (Å²) in [6.07, 6.45) is 1.85. The quantitative estimate of drug-likeness (QED) is 0.774. The van der Waals surface area contributed by atoms with Crippen LogP contribution in [-0.2, 0) is 9.47 Å². The molecule has 1 aromatic carbocycles. The van der Waals surface area contributed by atoms with E-state index in [4.69, 9.17) is 21.1 Å². The predicted molar refractivity (Wildman–Crippen MR) is 83.7 cm³/mol. The first-order chi connectivity index (χ1) is 10.1. The number of halogens is 1. The third-order valence-electron chi connectivity index (χ3n) is 3.65. The zero-order valence-electron chi connectivity index (χ0n) is 12.4.